The van der Waals surface area contributed by atoms with Gasteiger partial charge in [0.15, 0.2) is 0 Å². The van der Waals surface area contributed by atoms with Crippen LogP contribution in [0.1, 0.15) is 5.56 Å². The minimum absolute atomic E-state index is 0.167. The van der Waals surface area contributed by atoms with Crippen LogP contribution in [-0.2, 0) is 16.6 Å². The molecule has 0 spiro atoms. The summed E-state index contributed by atoms with van der Waals surface area (Å²) in [7, 11) is -2.06. The molecule has 2 rings (SSSR count). The monoisotopic (exact) mass is 432 g/mol. The van der Waals surface area contributed by atoms with Crippen molar-refractivity contribution >= 4 is 47.6 Å². The first-order valence-electron chi connectivity index (χ1n) is 6.06. The Morgan fingerprint density at radius 2 is 1.86 bits per heavy atom. The highest BCUT2D eigenvalue weighted by atomic mass is 79.9. The lowest BCUT2D eigenvalue weighted by molar-refractivity contribution is 0.466. The Morgan fingerprint density at radius 3 is 2.52 bits per heavy atom. The van der Waals surface area contributed by atoms with Crippen LogP contribution < -0.4 is 5.73 Å². The molecule has 0 unspecified atom stereocenters. The first-order valence-corrected chi connectivity index (χ1v) is 9.09. The van der Waals surface area contributed by atoms with E-state index in [4.69, 9.17) is 5.73 Å². The van der Waals surface area contributed by atoms with Gasteiger partial charge >= 0.3 is 0 Å². The lowest BCUT2D eigenvalue weighted by Crippen LogP contribution is -2.26. The number of benzene rings is 2. The fourth-order valence-electron chi connectivity index (χ4n) is 1.86. The summed E-state index contributed by atoms with van der Waals surface area (Å²) in [5.41, 5.74) is 7.00. The smallest absolute Gasteiger partial charge is 0.244 e. The normalized spacial score (nSPS) is 11.8. The fourth-order valence-corrected chi connectivity index (χ4v) is 4.42. The van der Waals surface area contributed by atoms with Crippen LogP contribution in [0.25, 0.3) is 0 Å². The van der Waals surface area contributed by atoms with Crippen LogP contribution in [0.3, 0.4) is 0 Å². The number of hydrogen-bond donors (Lipinski definition) is 1. The van der Waals surface area contributed by atoms with E-state index in [-0.39, 0.29) is 11.4 Å². The molecule has 2 N–H and O–H groups in total. The Bertz CT molecular complexity index is 763. The van der Waals surface area contributed by atoms with E-state index in [1.807, 2.05) is 24.3 Å². The predicted octanol–water partition coefficient (Wildman–Crippen LogP) is 3.61. The van der Waals surface area contributed by atoms with Crippen LogP contribution in [0, 0.1) is 0 Å². The molecule has 0 fully saturated rings. The second kappa shape index (κ2) is 6.48. The largest absolute Gasteiger partial charge is 0.399 e. The topological polar surface area (TPSA) is 63.4 Å². The van der Waals surface area contributed by atoms with Crippen LogP contribution in [0.4, 0.5) is 5.69 Å². The third-order valence-corrected chi connectivity index (χ3v) is 6.23. The van der Waals surface area contributed by atoms with Gasteiger partial charge in [0.25, 0.3) is 0 Å². The van der Waals surface area contributed by atoms with E-state index in [0.29, 0.717) is 10.2 Å². The van der Waals surface area contributed by atoms with E-state index < -0.39 is 10.0 Å². The summed E-state index contributed by atoms with van der Waals surface area (Å²) < 4.78 is 28.0. The summed E-state index contributed by atoms with van der Waals surface area (Å²) in [6.07, 6.45) is 0. The van der Waals surface area contributed by atoms with Gasteiger partial charge in [0, 0.05) is 28.2 Å². The van der Waals surface area contributed by atoms with Gasteiger partial charge in [0.05, 0.1) is 4.90 Å². The SMILES string of the molecule is CN(Cc1cccc(Br)c1)S(=O)(=O)c1cc(N)ccc1Br. The second-order valence-electron chi connectivity index (χ2n) is 4.58. The molecule has 2 aromatic carbocycles. The molecule has 0 aliphatic carbocycles. The highest BCUT2D eigenvalue weighted by molar-refractivity contribution is 9.10. The van der Waals surface area contributed by atoms with Crippen molar-refractivity contribution in [2.75, 3.05) is 12.8 Å². The van der Waals surface area contributed by atoms with Crippen LogP contribution in [0.5, 0.6) is 0 Å². The standard InChI is InChI=1S/C14H14Br2N2O2S/c1-18(9-10-3-2-4-11(15)7-10)21(19,20)14-8-12(17)5-6-13(14)16/h2-8H,9,17H2,1H3. The summed E-state index contributed by atoms with van der Waals surface area (Å²) in [5, 5.41) is 0. The lowest BCUT2D eigenvalue weighted by Gasteiger charge is -2.18. The van der Waals surface area contributed by atoms with Gasteiger partial charge in [-0.05, 0) is 51.8 Å². The molecule has 2 aromatic rings. The van der Waals surface area contributed by atoms with Crippen molar-refractivity contribution in [2.24, 2.45) is 0 Å². The van der Waals surface area contributed by atoms with Crippen LogP contribution >= 0.6 is 31.9 Å². The van der Waals surface area contributed by atoms with E-state index in [2.05, 4.69) is 31.9 Å². The summed E-state index contributed by atoms with van der Waals surface area (Å²) in [5.74, 6) is 0. The third-order valence-electron chi connectivity index (χ3n) is 2.94. The molecule has 0 aromatic heterocycles. The number of rotatable bonds is 4. The highest BCUT2D eigenvalue weighted by Crippen LogP contribution is 2.27. The zero-order chi connectivity index (χ0) is 15.6. The number of halogens is 2. The van der Waals surface area contributed by atoms with Crippen LogP contribution in [-0.4, -0.2) is 19.8 Å². The Morgan fingerprint density at radius 1 is 1.14 bits per heavy atom. The molecule has 7 heteroatoms. The fraction of sp³-hybridized carbons (Fsp3) is 0.143. The summed E-state index contributed by atoms with van der Waals surface area (Å²) in [6.45, 7) is 0.281. The molecular formula is C14H14Br2N2O2S. The first-order chi connectivity index (χ1) is 9.80. The van der Waals surface area contributed by atoms with Gasteiger partial charge in [-0.1, -0.05) is 28.1 Å². The van der Waals surface area contributed by atoms with E-state index in [9.17, 15) is 8.42 Å². The first kappa shape index (κ1) is 16.5. The summed E-state index contributed by atoms with van der Waals surface area (Å²) in [4.78, 5) is 0.167. The Kier molecular flexibility index (Phi) is 5.08. The average molecular weight is 434 g/mol. The van der Waals surface area contributed by atoms with Crippen LogP contribution in [0.2, 0.25) is 0 Å². The van der Waals surface area contributed by atoms with E-state index in [1.54, 1.807) is 19.2 Å². The van der Waals surface area contributed by atoms with Gasteiger partial charge in [-0.2, -0.15) is 4.31 Å². The maximum absolute atomic E-state index is 12.6. The second-order valence-corrected chi connectivity index (χ2v) is 8.36. The third kappa shape index (κ3) is 3.85. The highest BCUT2D eigenvalue weighted by Gasteiger charge is 2.23. The van der Waals surface area contributed by atoms with E-state index in [0.717, 1.165) is 10.0 Å². The van der Waals surface area contributed by atoms with Crippen molar-refractivity contribution in [3.05, 3.63) is 57.0 Å². The maximum Gasteiger partial charge on any atom is 0.244 e. The molecule has 0 saturated heterocycles. The molecule has 0 amide bonds. The maximum atomic E-state index is 12.6. The summed E-state index contributed by atoms with van der Waals surface area (Å²) >= 11 is 6.64. The van der Waals surface area contributed by atoms with E-state index >= 15 is 0 Å². The Hall–Kier alpha value is -0.890. The van der Waals surface area contributed by atoms with Gasteiger partial charge in [-0.3, -0.25) is 0 Å². The van der Waals surface area contributed by atoms with Gasteiger partial charge < -0.3 is 5.73 Å². The van der Waals surface area contributed by atoms with Gasteiger partial charge in [0.2, 0.25) is 10.0 Å². The molecule has 0 atom stereocenters. The zero-order valence-electron chi connectivity index (χ0n) is 11.3. The van der Waals surface area contributed by atoms with E-state index in [1.165, 1.54) is 10.4 Å². The number of sulfonamides is 1. The molecule has 4 nitrogen and oxygen atoms in total. The molecule has 0 aliphatic rings. The minimum Gasteiger partial charge on any atom is -0.399 e. The number of anilines is 1. The molecule has 0 aliphatic heterocycles. The molecular weight excluding hydrogens is 420 g/mol. The Labute approximate surface area is 141 Å². The molecule has 0 radical (unpaired) electrons. The lowest BCUT2D eigenvalue weighted by atomic mass is 10.2. The van der Waals surface area contributed by atoms with Crippen molar-refractivity contribution in [1.29, 1.82) is 0 Å². The van der Waals surface area contributed by atoms with Crippen molar-refractivity contribution < 1.29 is 8.42 Å². The molecule has 0 heterocycles. The number of nitrogens with two attached hydrogens (primary N) is 1. The summed E-state index contributed by atoms with van der Waals surface area (Å²) in [6, 6.07) is 12.3. The average Bonchev–Trinajstić information content (AvgIpc) is 2.41. The predicted molar refractivity (Wildman–Crippen MR) is 91.3 cm³/mol. The Balaban J connectivity index is 2.33. The molecule has 21 heavy (non-hydrogen) atoms. The zero-order valence-corrected chi connectivity index (χ0v) is 15.2. The number of nitrogens with zero attached hydrogens (tertiary/aromatic N) is 1. The van der Waals surface area contributed by atoms with Crippen molar-refractivity contribution in [1.82, 2.24) is 4.31 Å². The van der Waals surface area contributed by atoms with Crippen molar-refractivity contribution in [2.45, 2.75) is 11.4 Å². The van der Waals surface area contributed by atoms with Gasteiger partial charge in [0.1, 0.15) is 0 Å². The van der Waals surface area contributed by atoms with Crippen LogP contribution in [0.15, 0.2) is 56.3 Å². The molecule has 0 bridgehead atoms. The molecule has 0 saturated carbocycles. The van der Waals surface area contributed by atoms with Crippen molar-refractivity contribution in [3.63, 3.8) is 0 Å². The molecule has 112 valence electrons. The van der Waals surface area contributed by atoms with Gasteiger partial charge in [-0.15, -0.1) is 0 Å². The number of nitrogen functional groups attached to an aromatic ring is 1. The number of hydrogen-bond acceptors (Lipinski definition) is 3. The quantitative estimate of drug-likeness (QED) is 0.749. The van der Waals surface area contributed by atoms with Crippen molar-refractivity contribution in [3.8, 4) is 0 Å². The minimum atomic E-state index is -3.61. The van der Waals surface area contributed by atoms with Gasteiger partial charge in [-0.25, -0.2) is 8.42 Å².